The molecule has 0 heterocycles. The fourth-order valence-electron chi connectivity index (χ4n) is 6.01. The van der Waals surface area contributed by atoms with E-state index in [2.05, 4.69) is 17.6 Å². The van der Waals surface area contributed by atoms with Crippen LogP contribution in [0.1, 0.15) is 84.0 Å². The smallest absolute Gasteiger partial charge is 0.315 e. The largest absolute Gasteiger partial charge is 0.381 e. The summed E-state index contributed by atoms with van der Waals surface area (Å²) in [4.78, 5) is 12.4. The molecule has 0 aromatic carbocycles. The van der Waals surface area contributed by atoms with Gasteiger partial charge < -0.3 is 20.1 Å². The highest BCUT2D eigenvalue weighted by Crippen LogP contribution is 2.55. The van der Waals surface area contributed by atoms with Gasteiger partial charge in [-0.1, -0.05) is 6.92 Å². The third-order valence-electron chi connectivity index (χ3n) is 6.84. The summed E-state index contributed by atoms with van der Waals surface area (Å²) in [5, 5.41) is 6.47. The predicted octanol–water partition coefficient (Wildman–Crippen LogP) is 4.65. The van der Waals surface area contributed by atoms with E-state index in [-0.39, 0.29) is 11.6 Å². The first-order chi connectivity index (χ1) is 13.7. The van der Waals surface area contributed by atoms with E-state index in [0.717, 1.165) is 89.3 Å². The SMILES string of the molecule is CCCOCCCCOCCCCCNC(=O)NC12CC3CC(CC(C3)C1)C2. The highest BCUT2D eigenvalue weighted by Gasteiger charge is 2.51. The Morgan fingerprint density at radius 1 is 0.821 bits per heavy atom. The van der Waals surface area contributed by atoms with Crippen LogP contribution in [-0.4, -0.2) is 44.5 Å². The molecule has 162 valence electrons. The van der Waals surface area contributed by atoms with Gasteiger partial charge in [0.05, 0.1) is 0 Å². The number of unbranched alkanes of at least 4 members (excludes halogenated alkanes) is 3. The molecule has 0 saturated heterocycles. The first-order valence-corrected chi connectivity index (χ1v) is 11.9. The molecule has 0 spiro atoms. The molecule has 2 N–H and O–H groups in total. The van der Waals surface area contributed by atoms with E-state index in [0.29, 0.717) is 0 Å². The molecule has 5 heteroatoms. The lowest BCUT2D eigenvalue weighted by Gasteiger charge is -2.56. The van der Waals surface area contributed by atoms with Gasteiger partial charge in [0.2, 0.25) is 0 Å². The monoisotopic (exact) mass is 394 g/mol. The Bertz CT molecular complexity index is 433. The van der Waals surface area contributed by atoms with Gasteiger partial charge in [-0.25, -0.2) is 4.79 Å². The summed E-state index contributed by atoms with van der Waals surface area (Å²) >= 11 is 0. The molecule has 0 aromatic heterocycles. The second-order valence-electron chi connectivity index (χ2n) is 9.57. The number of urea groups is 1. The summed E-state index contributed by atoms with van der Waals surface area (Å²) < 4.78 is 11.1. The maximum absolute atomic E-state index is 12.4. The van der Waals surface area contributed by atoms with E-state index in [1.165, 1.54) is 38.5 Å². The third-order valence-corrected chi connectivity index (χ3v) is 6.84. The Morgan fingerprint density at radius 3 is 1.93 bits per heavy atom. The number of ether oxygens (including phenoxy) is 2. The number of hydrogen-bond donors (Lipinski definition) is 2. The van der Waals surface area contributed by atoms with E-state index in [1.54, 1.807) is 0 Å². The van der Waals surface area contributed by atoms with Crippen LogP contribution in [0.25, 0.3) is 0 Å². The maximum Gasteiger partial charge on any atom is 0.315 e. The zero-order valence-electron chi connectivity index (χ0n) is 18.0. The Balaban J connectivity index is 1.14. The van der Waals surface area contributed by atoms with Crippen molar-refractivity contribution in [2.45, 2.75) is 89.5 Å². The zero-order valence-corrected chi connectivity index (χ0v) is 18.0. The molecule has 0 aliphatic heterocycles. The van der Waals surface area contributed by atoms with Crippen LogP contribution < -0.4 is 10.6 Å². The molecule has 0 aromatic rings. The van der Waals surface area contributed by atoms with Gasteiger partial charge in [-0.15, -0.1) is 0 Å². The summed E-state index contributed by atoms with van der Waals surface area (Å²) in [6.07, 6.45) is 14.4. The molecule has 4 rings (SSSR count). The lowest BCUT2D eigenvalue weighted by atomic mass is 9.53. The van der Waals surface area contributed by atoms with Gasteiger partial charge in [0.25, 0.3) is 0 Å². The molecule has 4 saturated carbocycles. The fraction of sp³-hybridized carbons (Fsp3) is 0.957. The predicted molar refractivity (Wildman–Crippen MR) is 112 cm³/mol. The fourth-order valence-corrected chi connectivity index (χ4v) is 6.01. The average Bonchev–Trinajstić information content (AvgIpc) is 2.64. The van der Waals surface area contributed by atoms with E-state index < -0.39 is 0 Å². The summed E-state index contributed by atoms with van der Waals surface area (Å²) in [6.45, 7) is 6.29. The first-order valence-electron chi connectivity index (χ1n) is 11.9. The van der Waals surface area contributed by atoms with Crippen molar-refractivity contribution in [3.05, 3.63) is 0 Å². The first kappa shape index (κ1) is 21.9. The second kappa shape index (κ2) is 11.4. The van der Waals surface area contributed by atoms with Crippen molar-refractivity contribution in [1.82, 2.24) is 10.6 Å². The normalized spacial score (nSPS) is 30.5. The quantitative estimate of drug-likeness (QED) is 0.422. The van der Waals surface area contributed by atoms with E-state index in [9.17, 15) is 4.79 Å². The van der Waals surface area contributed by atoms with Crippen molar-refractivity contribution in [2.75, 3.05) is 33.0 Å². The highest BCUT2D eigenvalue weighted by molar-refractivity contribution is 5.74. The van der Waals surface area contributed by atoms with E-state index in [4.69, 9.17) is 9.47 Å². The van der Waals surface area contributed by atoms with Crippen molar-refractivity contribution < 1.29 is 14.3 Å². The summed E-state index contributed by atoms with van der Waals surface area (Å²) in [5.41, 5.74) is 0.119. The van der Waals surface area contributed by atoms with Crippen LogP contribution in [-0.2, 0) is 9.47 Å². The molecule has 4 aliphatic carbocycles. The van der Waals surface area contributed by atoms with Crippen molar-refractivity contribution in [1.29, 1.82) is 0 Å². The van der Waals surface area contributed by atoms with E-state index >= 15 is 0 Å². The van der Waals surface area contributed by atoms with Crippen LogP contribution in [0.15, 0.2) is 0 Å². The van der Waals surface area contributed by atoms with Crippen molar-refractivity contribution in [3.63, 3.8) is 0 Å². The standard InChI is InChI=1S/C23H42N2O3/c1-2-9-27-11-6-7-12-28-10-5-3-4-8-24-22(26)25-23-16-19-13-20(17-23)15-21(14-19)18-23/h19-21H,2-18H2,1H3,(H2,24,25,26). The lowest BCUT2D eigenvalue weighted by Crippen LogP contribution is -2.61. The number of amides is 2. The Morgan fingerprint density at radius 2 is 1.36 bits per heavy atom. The molecule has 4 bridgehead atoms. The van der Waals surface area contributed by atoms with Gasteiger partial charge >= 0.3 is 6.03 Å². The minimum atomic E-state index is 0.0588. The number of rotatable bonds is 14. The Labute approximate surface area is 171 Å². The maximum atomic E-state index is 12.4. The van der Waals surface area contributed by atoms with Gasteiger partial charge in [-0.2, -0.15) is 0 Å². The molecule has 0 radical (unpaired) electrons. The molecule has 4 fully saturated rings. The highest BCUT2D eigenvalue weighted by atomic mass is 16.5. The third kappa shape index (κ3) is 6.91. The molecular weight excluding hydrogens is 352 g/mol. The van der Waals surface area contributed by atoms with Gasteiger partial charge in [0.1, 0.15) is 0 Å². The minimum absolute atomic E-state index is 0.0588. The number of hydrogen-bond acceptors (Lipinski definition) is 3. The number of carbonyl (C=O) groups excluding carboxylic acids is 1. The van der Waals surface area contributed by atoms with Crippen molar-refractivity contribution in [3.8, 4) is 0 Å². The van der Waals surface area contributed by atoms with Crippen LogP contribution in [0.4, 0.5) is 4.79 Å². The van der Waals surface area contributed by atoms with Gasteiger partial charge in [-0.05, 0) is 94.8 Å². The second-order valence-corrected chi connectivity index (χ2v) is 9.57. The van der Waals surface area contributed by atoms with Crippen LogP contribution >= 0.6 is 0 Å². The topological polar surface area (TPSA) is 59.6 Å². The van der Waals surface area contributed by atoms with Crippen molar-refractivity contribution >= 4 is 6.03 Å². The van der Waals surface area contributed by atoms with Crippen molar-refractivity contribution in [2.24, 2.45) is 17.8 Å². The van der Waals surface area contributed by atoms with Gasteiger partial charge in [-0.3, -0.25) is 0 Å². The summed E-state index contributed by atoms with van der Waals surface area (Å²) in [7, 11) is 0. The lowest BCUT2D eigenvalue weighted by molar-refractivity contribution is -0.0135. The minimum Gasteiger partial charge on any atom is -0.381 e. The molecule has 4 aliphatic rings. The van der Waals surface area contributed by atoms with Gasteiger partial charge in [0.15, 0.2) is 0 Å². The van der Waals surface area contributed by atoms with Gasteiger partial charge in [0, 0.05) is 38.5 Å². The summed E-state index contributed by atoms with van der Waals surface area (Å²) in [5.74, 6) is 2.61. The molecule has 0 atom stereocenters. The van der Waals surface area contributed by atoms with Crippen LogP contribution in [0, 0.1) is 17.8 Å². The molecule has 28 heavy (non-hydrogen) atoms. The number of carbonyl (C=O) groups is 1. The number of nitrogens with one attached hydrogen (secondary N) is 2. The Kier molecular flexibility index (Phi) is 8.91. The molecule has 2 amide bonds. The Hall–Kier alpha value is -0.810. The van der Waals surface area contributed by atoms with Crippen LogP contribution in [0.2, 0.25) is 0 Å². The molecule has 5 nitrogen and oxygen atoms in total. The molecule has 0 unspecified atom stereocenters. The zero-order chi connectivity index (χ0) is 19.7. The van der Waals surface area contributed by atoms with Crippen LogP contribution in [0.5, 0.6) is 0 Å². The van der Waals surface area contributed by atoms with Crippen LogP contribution in [0.3, 0.4) is 0 Å². The molecular formula is C23H42N2O3. The summed E-state index contributed by atoms with van der Waals surface area (Å²) in [6, 6.07) is 0.0588. The average molecular weight is 395 g/mol. The van der Waals surface area contributed by atoms with E-state index in [1.807, 2.05) is 0 Å².